The molecule has 1 heterocycles. The fraction of sp³-hybridized carbons (Fsp3) is 0.286. The normalized spacial score (nSPS) is 11.1. The Morgan fingerprint density at radius 2 is 1.76 bits per heavy atom. The van der Waals surface area contributed by atoms with Crippen molar-refractivity contribution in [2.45, 2.75) is 19.2 Å². The monoisotopic (exact) mass is 483 g/mol. The highest BCUT2D eigenvalue weighted by molar-refractivity contribution is 7.22. The number of fused-ring (bicyclic) bond motifs is 1. The topological polar surface area (TPSA) is 98.8 Å². The molecule has 3 aromatic rings. The third-order valence-electron chi connectivity index (χ3n) is 4.09. The summed E-state index contributed by atoms with van der Waals surface area (Å²) in [4.78, 5) is 27.6. The third-order valence-corrected chi connectivity index (χ3v) is 5.03. The molecule has 3 rings (SSSR count). The molecule has 0 fully saturated rings. The minimum atomic E-state index is -4.80. The third kappa shape index (κ3) is 8.48. The molecule has 8 nitrogen and oxygen atoms in total. The summed E-state index contributed by atoms with van der Waals surface area (Å²) in [7, 11) is 0. The lowest BCUT2D eigenvalue weighted by Crippen LogP contribution is -2.29. The van der Waals surface area contributed by atoms with Gasteiger partial charge >= 0.3 is 18.5 Å². The molecule has 0 bridgehead atoms. The van der Waals surface area contributed by atoms with Crippen LogP contribution in [0.1, 0.15) is 12.0 Å². The number of carbonyl (C=O) groups excluding carboxylic acids is 2. The van der Waals surface area contributed by atoms with Crippen LogP contribution in [0.2, 0.25) is 0 Å². The van der Waals surface area contributed by atoms with Gasteiger partial charge in [0.2, 0.25) is 0 Å². The van der Waals surface area contributed by atoms with Gasteiger partial charge in [0.05, 0.1) is 23.4 Å². The van der Waals surface area contributed by atoms with Gasteiger partial charge in [0.15, 0.2) is 5.13 Å². The number of alkyl carbamates (subject to hydrolysis) is 1. The molecule has 0 aliphatic heterocycles. The number of anilines is 1. The van der Waals surface area contributed by atoms with Crippen LogP contribution >= 0.6 is 11.3 Å². The maximum Gasteiger partial charge on any atom is 0.573 e. The molecule has 1 aromatic heterocycles. The molecule has 0 atom stereocenters. The highest BCUT2D eigenvalue weighted by Crippen LogP contribution is 2.31. The number of hydrogen-bond acceptors (Lipinski definition) is 7. The van der Waals surface area contributed by atoms with Gasteiger partial charge in [-0.3, -0.25) is 5.32 Å². The van der Waals surface area contributed by atoms with Crippen molar-refractivity contribution in [2.24, 2.45) is 0 Å². The van der Waals surface area contributed by atoms with Crippen LogP contribution in [0.5, 0.6) is 5.75 Å². The highest BCUT2D eigenvalue weighted by Gasteiger charge is 2.31. The van der Waals surface area contributed by atoms with E-state index in [0.29, 0.717) is 16.6 Å². The van der Waals surface area contributed by atoms with E-state index in [2.05, 4.69) is 20.4 Å². The van der Waals surface area contributed by atoms with E-state index in [-0.39, 0.29) is 30.6 Å². The lowest BCUT2D eigenvalue weighted by molar-refractivity contribution is -0.274. The molecule has 0 aliphatic carbocycles. The number of rotatable bonds is 9. The molecule has 176 valence electrons. The first-order valence-electron chi connectivity index (χ1n) is 9.83. The standard InChI is InChI=1S/C21H20F3N3O5S/c22-21(23,24)32-15-8-9-16-17(13-15)33-18(26-16)27-20(29)31-12-10-25-19(28)30-11-4-7-14-5-2-1-3-6-14/h1-3,5-6,8-9,13H,4,7,10-12H2,(H,25,28)(H,26,27,29). The van der Waals surface area contributed by atoms with Crippen LogP contribution in [-0.2, 0) is 15.9 Å². The average molecular weight is 483 g/mol. The Morgan fingerprint density at radius 1 is 1.00 bits per heavy atom. The summed E-state index contributed by atoms with van der Waals surface area (Å²) in [5.41, 5.74) is 1.55. The molecule has 0 saturated heterocycles. The zero-order valence-electron chi connectivity index (χ0n) is 17.2. The van der Waals surface area contributed by atoms with Crippen LogP contribution in [0.15, 0.2) is 48.5 Å². The Labute approximate surface area is 190 Å². The largest absolute Gasteiger partial charge is 0.573 e. The summed E-state index contributed by atoms with van der Waals surface area (Å²) in [5, 5.41) is 4.99. The van der Waals surface area contributed by atoms with Crippen molar-refractivity contribution < 1.29 is 37.0 Å². The van der Waals surface area contributed by atoms with Gasteiger partial charge in [-0.2, -0.15) is 0 Å². The first-order chi connectivity index (χ1) is 15.8. The molecule has 2 N–H and O–H groups in total. The van der Waals surface area contributed by atoms with E-state index in [0.717, 1.165) is 29.4 Å². The van der Waals surface area contributed by atoms with Crippen LogP contribution in [0.3, 0.4) is 0 Å². The number of benzene rings is 2. The Kier molecular flexibility index (Phi) is 8.30. The number of aromatic nitrogens is 1. The number of hydrogen-bond donors (Lipinski definition) is 2. The van der Waals surface area contributed by atoms with E-state index in [1.54, 1.807) is 0 Å². The Morgan fingerprint density at radius 3 is 2.52 bits per heavy atom. The molecular weight excluding hydrogens is 463 g/mol. The van der Waals surface area contributed by atoms with E-state index in [1.165, 1.54) is 12.1 Å². The Bertz CT molecular complexity index is 1080. The predicted molar refractivity (Wildman–Crippen MR) is 115 cm³/mol. The van der Waals surface area contributed by atoms with Gasteiger partial charge in [-0.25, -0.2) is 14.6 Å². The van der Waals surface area contributed by atoms with Crippen molar-refractivity contribution in [3.05, 3.63) is 54.1 Å². The first-order valence-corrected chi connectivity index (χ1v) is 10.6. The molecule has 0 aliphatic rings. The van der Waals surface area contributed by atoms with E-state index >= 15 is 0 Å². The van der Waals surface area contributed by atoms with Gasteiger partial charge in [0.1, 0.15) is 12.4 Å². The quantitative estimate of drug-likeness (QED) is 0.411. The second kappa shape index (κ2) is 11.4. The predicted octanol–water partition coefficient (Wildman–Crippen LogP) is 5.10. The van der Waals surface area contributed by atoms with Crippen molar-refractivity contribution in [1.82, 2.24) is 10.3 Å². The smallest absolute Gasteiger partial charge is 0.450 e. The summed E-state index contributed by atoms with van der Waals surface area (Å²) in [5.74, 6) is -0.384. The van der Waals surface area contributed by atoms with Crippen molar-refractivity contribution in [2.75, 3.05) is 25.1 Å². The fourth-order valence-corrected chi connectivity index (χ4v) is 3.59. The number of carbonyl (C=O) groups is 2. The maximum absolute atomic E-state index is 12.3. The van der Waals surface area contributed by atoms with Crippen molar-refractivity contribution in [3.8, 4) is 5.75 Å². The van der Waals surface area contributed by atoms with Gasteiger partial charge in [0.25, 0.3) is 0 Å². The number of thiazole rings is 1. The minimum absolute atomic E-state index is 0.0446. The van der Waals surface area contributed by atoms with Crippen molar-refractivity contribution in [3.63, 3.8) is 0 Å². The van der Waals surface area contributed by atoms with Gasteiger partial charge in [-0.1, -0.05) is 41.7 Å². The van der Waals surface area contributed by atoms with Crippen LogP contribution in [0.4, 0.5) is 27.9 Å². The van der Waals surface area contributed by atoms with Crippen LogP contribution in [0.25, 0.3) is 10.2 Å². The number of ether oxygens (including phenoxy) is 3. The second-order valence-electron chi connectivity index (χ2n) is 6.61. The molecule has 2 amide bonds. The highest BCUT2D eigenvalue weighted by atomic mass is 32.1. The van der Waals surface area contributed by atoms with Crippen LogP contribution < -0.4 is 15.4 Å². The molecule has 2 aromatic carbocycles. The van der Waals surface area contributed by atoms with E-state index in [1.807, 2.05) is 30.3 Å². The first kappa shape index (κ1) is 24.1. The van der Waals surface area contributed by atoms with Crippen molar-refractivity contribution >= 4 is 38.9 Å². The molecule has 0 radical (unpaired) electrons. The summed E-state index contributed by atoms with van der Waals surface area (Å²) >= 11 is 0.959. The number of aryl methyl sites for hydroxylation is 1. The Balaban J connectivity index is 1.32. The number of halogens is 3. The molecule has 33 heavy (non-hydrogen) atoms. The number of amides is 2. The minimum Gasteiger partial charge on any atom is -0.450 e. The number of nitrogens with zero attached hydrogens (tertiary/aromatic N) is 1. The Hall–Kier alpha value is -3.54. The second-order valence-corrected chi connectivity index (χ2v) is 7.64. The molecule has 0 saturated carbocycles. The summed E-state index contributed by atoms with van der Waals surface area (Å²) in [6.07, 6.45) is -4.76. The molecule has 0 unspecified atom stereocenters. The number of nitrogens with one attached hydrogen (secondary N) is 2. The van der Waals surface area contributed by atoms with Crippen LogP contribution in [-0.4, -0.2) is 43.3 Å². The van der Waals surface area contributed by atoms with Gasteiger partial charge < -0.3 is 19.5 Å². The summed E-state index contributed by atoms with van der Waals surface area (Å²) in [6.45, 7) is 0.192. The maximum atomic E-state index is 12.3. The van der Waals surface area contributed by atoms with E-state index < -0.39 is 18.5 Å². The van der Waals surface area contributed by atoms with Gasteiger partial charge in [-0.15, -0.1) is 13.2 Å². The van der Waals surface area contributed by atoms with Crippen molar-refractivity contribution in [1.29, 1.82) is 0 Å². The van der Waals surface area contributed by atoms with Crippen LogP contribution in [0, 0.1) is 0 Å². The zero-order chi connectivity index (χ0) is 23.7. The summed E-state index contributed by atoms with van der Waals surface area (Å²) < 4.78 is 51.2. The lowest BCUT2D eigenvalue weighted by atomic mass is 10.1. The SMILES string of the molecule is O=C(NCCOC(=O)Nc1nc2ccc(OC(F)(F)F)cc2s1)OCCCc1ccccc1. The fourth-order valence-electron chi connectivity index (χ4n) is 2.71. The van der Waals surface area contributed by atoms with Gasteiger partial charge in [-0.05, 0) is 30.5 Å². The summed E-state index contributed by atoms with van der Waals surface area (Å²) in [6, 6.07) is 13.5. The molecule has 0 spiro atoms. The lowest BCUT2D eigenvalue weighted by Gasteiger charge is -2.08. The zero-order valence-corrected chi connectivity index (χ0v) is 18.0. The molecule has 12 heteroatoms. The number of alkyl halides is 3. The average Bonchev–Trinajstić information content (AvgIpc) is 3.15. The van der Waals surface area contributed by atoms with E-state index in [9.17, 15) is 22.8 Å². The van der Waals surface area contributed by atoms with Gasteiger partial charge in [0, 0.05) is 6.07 Å². The molecular formula is C21H20F3N3O5S. The van der Waals surface area contributed by atoms with E-state index in [4.69, 9.17) is 9.47 Å².